The highest BCUT2D eigenvalue weighted by molar-refractivity contribution is 7.14. The molecule has 10 heteroatoms. The largest absolute Gasteiger partial charge is 0.444 e. The molecule has 4 N–H and O–H groups in total. The van der Waals surface area contributed by atoms with Gasteiger partial charge in [0.15, 0.2) is 0 Å². The van der Waals surface area contributed by atoms with E-state index >= 15 is 0 Å². The Morgan fingerprint density at radius 2 is 1.56 bits per heavy atom. The van der Waals surface area contributed by atoms with Gasteiger partial charge in [-0.2, -0.15) is 0 Å². The lowest BCUT2D eigenvalue weighted by atomic mass is 10.00. The third-order valence-electron chi connectivity index (χ3n) is 5.55. The van der Waals surface area contributed by atoms with E-state index in [-0.39, 0.29) is 18.0 Å². The lowest BCUT2D eigenvalue weighted by molar-refractivity contribution is 0.0635. The van der Waals surface area contributed by atoms with Crippen LogP contribution in [0.3, 0.4) is 0 Å². The van der Waals surface area contributed by atoms with E-state index in [0.717, 1.165) is 30.0 Å². The van der Waals surface area contributed by atoms with Crippen LogP contribution in [0.5, 0.6) is 0 Å². The quantitative estimate of drug-likeness (QED) is 0.228. The van der Waals surface area contributed by atoms with Crippen LogP contribution in [0.2, 0.25) is 0 Å². The first-order chi connectivity index (χ1) is 18.5. The summed E-state index contributed by atoms with van der Waals surface area (Å²) in [6, 6.07) is 17.3. The Labute approximate surface area is 233 Å². The number of benzene rings is 2. The van der Waals surface area contributed by atoms with Gasteiger partial charge >= 0.3 is 12.1 Å². The fourth-order valence-electron chi connectivity index (χ4n) is 3.77. The molecule has 9 nitrogen and oxygen atoms in total. The van der Waals surface area contributed by atoms with Gasteiger partial charge in [-0.15, -0.1) is 11.3 Å². The number of nitrogens with zero attached hydrogens (tertiary/aromatic N) is 1. The Hall–Kier alpha value is -3.89. The van der Waals surface area contributed by atoms with Crippen molar-refractivity contribution in [2.75, 3.05) is 36.6 Å². The van der Waals surface area contributed by atoms with E-state index in [1.54, 1.807) is 57.2 Å². The zero-order valence-corrected chi connectivity index (χ0v) is 23.9. The molecule has 0 radical (unpaired) electrons. The van der Waals surface area contributed by atoms with Gasteiger partial charge in [-0.25, -0.2) is 9.59 Å². The number of urea groups is 1. The monoisotopic (exact) mass is 551 g/mol. The van der Waals surface area contributed by atoms with Gasteiger partial charge in [-0.05, 0) is 102 Å². The zero-order valence-electron chi connectivity index (χ0n) is 23.0. The maximum Gasteiger partial charge on any atom is 0.412 e. The second-order valence-corrected chi connectivity index (χ2v) is 11.3. The van der Waals surface area contributed by atoms with Crippen LogP contribution in [0.4, 0.5) is 26.0 Å². The third kappa shape index (κ3) is 10.1. The molecule has 4 amide bonds. The summed E-state index contributed by atoms with van der Waals surface area (Å²) in [7, 11) is 4.03. The summed E-state index contributed by atoms with van der Waals surface area (Å²) in [6.45, 7) is 6.23. The van der Waals surface area contributed by atoms with Gasteiger partial charge in [-0.1, -0.05) is 24.3 Å². The smallest absolute Gasteiger partial charge is 0.412 e. The number of para-hydroxylation sites is 2. The molecule has 2 aromatic carbocycles. The molecule has 0 fully saturated rings. The molecule has 1 atom stereocenters. The number of rotatable bonds is 10. The molecular formula is C29H37N5O4S. The van der Waals surface area contributed by atoms with Crippen LogP contribution in [0, 0.1) is 0 Å². The Morgan fingerprint density at radius 1 is 0.897 bits per heavy atom. The number of carbonyl (C=O) groups excluding carboxylic acids is 3. The molecule has 3 aromatic rings. The number of nitrogens with one attached hydrogen (secondary N) is 4. The van der Waals surface area contributed by atoms with Crippen molar-refractivity contribution in [1.29, 1.82) is 0 Å². The van der Waals surface area contributed by atoms with Crippen molar-refractivity contribution < 1.29 is 19.1 Å². The van der Waals surface area contributed by atoms with Crippen LogP contribution in [-0.4, -0.2) is 49.2 Å². The van der Waals surface area contributed by atoms with Crippen molar-refractivity contribution >= 4 is 45.7 Å². The molecule has 1 heterocycles. The fraction of sp³-hybridized carbons (Fsp3) is 0.345. The number of ether oxygens (including phenoxy) is 1. The van der Waals surface area contributed by atoms with Crippen molar-refractivity contribution in [3.05, 3.63) is 77.2 Å². The molecule has 1 unspecified atom stereocenters. The van der Waals surface area contributed by atoms with Gasteiger partial charge < -0.3 is 20.3 Å². The molecule has 39 heavy (non-hydrogen) atoms. The minimum atomic E-state index is -0.645. The predicted molar refractivity (Wildman–Crippen MR) is 158 cm³/mol. The molecule has 3 rings (SSSR count). The summed E-state index contributed by atoms with van der Waals surface area (Å²) in [6.07, 6.45) is 1.02. The van der Waals surface area contributed by atoms with Crippen LogP contribution >= 0.6 is 11.3 Å². The Kier molecular flexibility index (Phi) is 10.5. The third-order valence-corrected chi connectivity index (χ3v) is 6.33. The molecule has 0 saturated carbocycles. The van der Waals surface area contributed by atoms with Gasteiger partial charge in [0, 0.05) is 5.56 Å². The Balaban J connectivity index is 1.68. The molecule has 0 bridgehead atoms. The van der Waals surface area contributed by atoms with Gasteiger partial charge in [0.25, 0.3) is 5.91 Å². The van der Waals surface area contributed by atoms with Gasteiger partial charge in [0.05, 0.1) is 22.4 Å². The van der Waals surface area contributed by atoms with E-state index in [1.807, 2.05) is 43.7 Å². The first-order valence-electron chi connectivity index (χ1n) is 12.8. The molecule has 1 aromatic heterocycles. The lowest BCUT2D eigenvalue weighted by Crippen LogP contribution is -2.33. The number of carbonyl (C=O) groups is 3. The topological polar surface area (TPSA) is 112 Å². The summed E-state index contributed by atoms with van der Waals surface area (Å²) in [5, 5.41) is 14.1. The average molecular weight is 552 g/mol. The van der Waals surface area contributed by atoms with Crippen molar-refractivity contribution in [3.8, 4) is 0 Å². The van der Waals surface area contributed by atoms with Gasteiger partial charge in [0.2, 0.25) is 0 Å². The summed E-state index contributed by atoms with van der Waals surface area (Å²) in [5.74, 6) is -0.326. The normalized spacial score (nSPS) is 11.9. The fourth-order valence-corrected chi connectivity index (χ4v) is 4.38. The Bertz CT molecular complexity index is 1240. The second-order valence-electron chi connectivity index (χ2n) is 10.3. The van der Waals surface area contributed by atoms with Crippen LogP contribution in [0.15, 0.2) is 66.0 Å². The van der Waals surface area contributed by atoms with E-state index < -0.39 is 11.7 Å². The summed E-state index contributed by atoms with van der Waals surface area (Å²) >= 11 is 1.45. The van der Waals surface area contributed by atoms with Crippen molar-refractivity contribution in [2.45, 2.75) is 45.3 Å². The van der Waals surface area contributed by atoms with Crippen LogP contribution < -0.4 is 21.3 Å². The van der Waals surface area contributed by atoms with Crippen molar-refractivity contribution in [3.63, 3.8) is 0 Å². The molecule has 0 spiro atoms. The molecule has 208 valence electrons. The van der Waals surface area contributed by atoms with E-state index in [1.165, 1.54) is 11.3 Å². The first kappa shape index (κ1) is 29.7. The molecular weight excluding hydrogens is 514 g/mol. The van der Waals surface area contributed by atoms with E-state index in [2.05, 4.69) is 26.2 Å². The first-order valence-corrected chi connectivity index (χ1v) is 13.6. The van der Waals surface area contributed by atoms with E-state index in [4.69, 9.17) is 4.74 Å². The zero-order chi connectivity index (χ0) is 28.4. The molecule has 0 aliphatic carbocycles. The summed E-state index contributed by atoms with van der Waals surface area (Å²) in [5.41, 5.74) is 1.58. The number of amides is 4. The second kappa shape index (κ2) is 13.8. The van der Waals surface area contributed by atoms with E-state index in [0.29, 0.717) is 16.9 Å². The minimum absolute atomic E-state index is 0.222. The maximum absolute atomic E-state index is 13.0. The maximum atomic E-state index is 13.0. The van der Waals surface area contributed by atoms with Crippen LogP contribution in [0.25, 0.3) is 0 Å². The average Bonchev–Trinajstić information content (AvgIpc) is 3.36. The molecule has 0 aliphatic rings. The van der Waals surface area contributed by atoms with Crippen LogP contribution in [0.1, 0.15) is 55.6 Å². The highest BCUT2D eigenvalue weighted by Crippen LogP contribution is 2.24. The van der Waals surface area contributed by atoms with Crippen molar-refractivity contribution in [2.24, 2.45) is 0 Å². The van der Waals surface area contributed by atoms with Gasteiger partial charge in [0.1, 0.15) is 5.60 Å². The highest BCUT2D eigenvalue weighted by atomic mass is 32.1. The summed E-state index contributed by atoms with van der Waals surface area (Å²) in [4.78, 5) is 40.0. The molecule has 0 saturated heterocycles. The standard InChI is InChI=1S/C29H37N5O4S/c1-29(2,3)38-28(37)32-24-11-7-6-10-23(24)30-26(35)21-16-14-20(15-17-21)22(12-8-18-34(4)5)31-27(36)33-25-13-9-19-39-25/h6-7,9-11,13-17,19,22H,8,12,18H2,1-5H3,(H,30,35)(H,32,37)(H2,31,33,36). The number of anilines is 3. The number of hydrogen-bond acceptors (Lipinski definition) is 6. The highest BCUT2D eigenvalue weighted by Gasteiger charge is 2.19. The Morgan fingerprint density at radius 3 is 2.15 bits per heavy atom. The minimum Gasteiger partial charge on any atom is -0.444 e. The number of hydrogen-bond donors (Lipinski definition) is 4. The number of thiophene rings is 1. The predicted octanol–water partition coefficient (Wildman–Crippen LogP) is 6.55. The summed E-state index contributed by atoms with van der Waals surface area (Å²) < 4.78 is 5.32. The van der Waals surface area contributed by atoms with Crippen LogP contribution in [-0.2, 0) is 4.74 Å². The molecule has 0 aliphatic heterocycles. The SMILES string of the molecule is CN(C)CCCC(NC(=O)Nc1cccs1)c1ccc(C(=O)Nc2ccccc2NC(=O)OC(C)(C)C)cc1. The lowest BCUT2D eigenvalue weighted by Gasteiger charge is -2.21. The van der Waals surface area contributed by atoms with Crippen molar-refractivity contribution in [1.82, 2.24) is 10.2 Å². The van der Waals surface area contributed by atoms with E-state index in [9.17, 15) is 14.4 Å². The van der Waals surface area contributed by atoms with Gasteiger partial charge in [-0.3, -0.25) is 15.4 Å².